The van der Waals surface area contributed by atoms with Crippen LogP contribution in [0.5, 0.6) is 5.75 Å². The summed E-state index contributed by atoms with van der Waals surface area (Å²) >= 11 is 7.89. The second kappa shape index (κ2) is 9.74. The van der Waals surface area contributed by atoms with E-state index < -0.39 is 0 Å². The van der Waals surface area contributed by atoms with Gasteiger partial charge < -0.3 is 14.5 Å². The second-order valence-corrected chi connectivity index (χ2v) is 10.9. The lowest BCUT2D eigenvalue weighted by molar-refractivity contribution is 0.0947. The van der Waals surface area contributed by atoms with E-state index in [1.54, 1.807) is 30.9 Å². The fraction of sp³-hybridized carbons (Fsp3) is 0.385. The van der Waals surface area contributed by atoms with Gasteiger partial charge in [-0.05, 0) is 72.1 Å². The summed E-state index contributed by atoms with van der Waals surface area (Å²) in [6, 6.07) is 9.19. The molecule has 3 aromatic rings. The van der Waals surface area contributed by atoms with Crippen LogP contribution in [0.1, 0.15) is 59.3 Å². The Labute approximate surface area is 203 Å². The first-order chi connectivity index (χ1) is 15.8. The van der Waals surface area contributed by atoms with Crippen LogP contribution in [0.25, 0.3) is 0 Å². The fourth-order valence-electron chi connectivity index (χ4n) is 4.20. The molecule has 0 unspecified atom stereocenters. The number of carbonyl (C=O) groups is 1. The normalized spacial score (nSPS) is 16.1. The molecule has 1 N–H and O–H groups in total. The summed E-state index contributed by atoms with van der Waals surface area (Å²) < 4.78 is 10.6. The number of hydrogen-bond donors (Lipinski definition) is 1. The highest BCUT2D eigenvalue weighted by Crippen LogP contribution is 2.45. The molecule has 174 valence electrons. The van der Waals surface area contributed by atoms with Crippen LogP contribution in [-0.2, 0) is 19.4 Å². The molecule has 2 heterocycles. The number of furan rings is 1. The number of nitrogens with one attached hydrogen (secondary N) is 1. The molecule has 0 aliphatic heterocycles. The summed E-state index contributed by atoms with van der Waals surface area (Å²) in [6.07, 6.45) is 6.30. The summed E-state index contributed by atoms with van der Waals surface area (Å²) in [7, 11) is 1.59. The van der Waals surface area contributed by atoms with Gasteiger partial charge in [0, 0.05) is 11.1 Å². The summed E-state index contributed by atoms with van der Waals surface area (Å²) in [6.45, 7) is 7.22. The number of benzene rings is 1. The Bertz CT molecular complexity index is 1160. The van der Waals surface area contributed by atoms with E-state index in [-0.39, 0.29) is 11.3 Å². The quantitative estimate of drug-likeness (QED) is 0.390. The first-order valence-electron chi connectivity index (χ1n) is 11.1. The second-order valence-electron chi connectivity index (χ2n) is 9.40. The number of halogens is 1. The van der Waals surface area contributed by atoms with Crippen LogP contribution in [0.2, 0.25) is 5.02 Å². The van der Waals surface area contributed by atoms with Gasteiger partial charge in [-0.3, -0.25) is 4.79 Å². The molecule has 4 rings (SSSR count). The highest BCUT2D eigenvalue weighted by Gasteiger charge is 2.33. The summed E-state index contributed by atoms with van der Waals surface area (Å²) in [5, 5.41) is 4.26. The zero-order chi connectivity index (χ0) is 23.6. The van der Waals surface area contributed by atoms with Gasteiger partial charge in [-0.25, -0.2) is 4.99 Å². The minimum absolute atomic E-state index is 0.113. The van der Waals surface area contributed by atoms with E-state index in [4.69, 9.17) is 25.7 Å². The van der Waals surface area contributed by atoms with Crippen LogP contribution in [0.15, 0.2) is 46.0 Å². The summed E-state index contributed by atoms with van der Waals surface area (Å²) in [4.78, 5) is 19.3. The minimum atomic E-state index is -0.113. The van der Waals surface area contributed by atoms with Crippen molar-refractivity contribution in [1.29, 1.82) is 0 Å². The van der Waals surface area contributed by atoms with Gasteiger partial charge in [-0.2, -0.15) is 0 Å². The van der Waals surface area contributed by atoms with Gasteiger partial charge >= 0.3 is 0 Å². The van der Waals surface area contributed by atoms with Crippen LogP contribution >= 0.6 is 22.9 Å². The lowest BCUT2D eigenvalue weighted by atomic mass is 9.72. The molecule has 1 aromatic carbocycles. The number of hydrogen-bond acceptors (Lipinski definition) is 5. The maximum absolute atomic E-state index is 13.3. The van der Waals surface area contributed by atoms with Crippen molar-refractivity contribution in [2.24, 2.45) is 16.3 Å². The third kappa shape index (κ3) is 5.33. The molecule has 2 aromatic heterocycles. The predicted molar refractivity (Wildman–Crippen MR) is 134 cm³/mol. The number of amides is 1. The Morgan fingerprint density at radius 3 is 2.85 bits per heavy atom. The Kier molecular flexibility index (Phi) is 6.96. The van der Waals surface area contributed by atoms with Crippen LogP contribution < -0.4 is 10.1 Å². The average molecular weight is 485 g/mol. The molecule has 0 radical (unpaired) electrons. The van der Waals surface area contributed by atoms with Gasteiger partial charge in [0.1, 0.15) is 16.5 Å². The molecule has 1 atom stereocenters. The van der Waals surface area contributed by atoms with Crippen LogP contribution in [0, 0.1) is 11.3 Å². The van der Waals surface area contributed by atoms with Crippen LogP contribution in [0.3, 0.4) is 0 Å². The lowest BCUT2D eigenvalue weighted by Gasteiger charge is -2.33. The van der Waals surface area contributed by atoms with E-state index >= 15 is 0 Å². The van der Waals surface area contributed by atoms with Gasteiger partial charge in [-0.1, -0.05) is 32.4 Å². The smallest absolute Gasteiger partial charge is 0.255 e. The van der Waals surface area contributed by atoms with Gasteiger partial charge in [-0.15, -0.1) is 11.3 Å². The third-order valence-corrected chi connectivity index (χ3v) is 7.67. The largest absolute Gasteiger partial charge is 0.495 e. The van der Waals surface area contributed by atoms with Crippen molar-refractivity contribution in [3.05, 3.63) is 68.9 Å². The molecule has 0 fully saturated rings. The Hall–Kier alpha value is -2.57. The number of rotatable bonds is 6. The SMILES string of the molecule is COc1ccc(C=Nc2sc3c(c2C(=O)NCc2ccco2)CC[C@@H](C(C)(C)C)C3)cc1Cl. The Balaban J connectivity index is 1.65. The van der Waals surface area contributed by atoms with Gasteiger partial charge in [0.05, 0.1) is 30.5 Å². The van der Waals surface area contributed by atoms with Crippen molar-refractivity contribution in [3.63, 3.8) is 0 Å². The molecule has 5 nitrogen and oxygen atoms in total. The lowest BCUT2D eigenvalue weighted by Crippen LogP contribution is -2.28. The van der Waals surface area contributed by atoms with Crippen molar-refractivity contribution < 1.29 is 13.9 Å². The summed E-state index contributed by atoms with van der Waals surface area (Å²) in [5.41, 5.74) is 2.90. The Morgan fingerprint density at radius 2 is 2.18 bits per heavy atom. The van der Waals surface area contributed by atoms with Crippen molar-refractivity contribution in [2.45, 2.75) is 46.6 Å². The van der Waals surface area contributed by atoms with Gasteiger partial charge in [0.15, 0.2) is 0 Å². The van der Waals surface area contributed by atoms with E-state index in [0.717, 1.165) is 41.2 Å². The zero-order valence-corrected chi connectivity index (χ0v) is 21.0. The van der Waals surface area contributed by atoms with Gasteiger partial charge in [0.2, 0.25) is 0 Å². The first kappa shape index (κ1) is 23.6. The zero-order valence-electron chi connectivity index (χ0n) is 19.4. The molecule has 1 amide bonds. The maximum Gasteiger partial charge on any atom is 0.255 e. The Morgan fingerprint density at radius 1 is 1.36 bits per heavy atom. The van der Waals surface area contributed by atoms with E-state index in [2.05, 4.69) is 26.1 Å². The van der Waals surface area contributed by atoms with Crippen LogP contribution in [0.4, 0.5) is 5.00 Å². The first-order valence-corrected chi connectivity index (χ1v) is 12.3. The van der Waals surface area contributed by atoms with E-state index in [0.29, 0.717) is 28.8 Å². The topological polar surface area (TPSA) is 63.8 Å². The molecule has 7 heteroatoms. The standard InChI is InChI=1S/C26H29ClN2O3S/c1-26(2,3)17-8-9-19-22(13-17)33-25(23(19)24(30)28-15-18-6-5-11-32-18)29-14-16-7-10-21(31-4)20(27)12-16/h5-7,10-12,14,17H,8-9,13,15H2,1-4H3,(H,28,30)/t17-/m1/s1. The number of methoxy groups -OCH3 is 1. The molecule has 0 saturated carbocycles. The number of ether oxygens (including phenoxy) is 1. The van der Waals surface area contributed by atoms with E-state index in [1.807, 2.05) is 30.3 Å². The monoisotopic (exact) mass is 484 g/mol. The molecule has 1 aliphatic rings. The molecular weight excluding hydrogens is 456 g/mol. The van der Waals surface area contributed by atoms with E-state index in [1.165, 1.54) is 4.88 Å². The third-order valence-electron chi connectivity index (χ3n) is 6.21. The van der Waals surface area contributed by atoms with Crippen molar-refractivity contribution >= 4 is 40.1 Å². The highest BCUT2D eigenvalue weighted by molar-refractivity contribution is 7.16. The van der Waals surface area contributed by atoms with Gasteiger partial charge in [0.25, 0.3) is 5.91 Å². The molecule has 1 aliphatic carbocycles. The summed E-state index contributed by atoms with van der Waals surface area (Å²) in [5.74, 6) is 1.81. The predicted octanol–water partition coefficient (Wildman–Crippen LogP) is 6.83. The molecule has 0 spiro atoms. The molecular formula is C26H29ClN2O3S. The molecule has 0 bridgehead atoms. The van der Waals surface area contributed by atoms with Crippen LogP contribution in [-0.4, -0.2) is 19.2 Å². The van der Waals surface area contributed by atoms with Crippen molar-refractivity contribution in [1.82, 2.24) is 5.32 Å². The average Bonchev–Trinajstić information content (AvgIpc) is 3.42. The molecule has 33 heavy (non-hydrogen) atoms. The maximum atomic E-state index is 13.3. The number of fused-ring (bicyclic) bond motifs is 1. The van der Waals surface area contributed by atoms with Crippen molar-refractivity contribution in [3.8, 4) is 5.75 Å². The minimum Gasteiger partial charge on any atom is -0.495 e. The number of nitrogens with zero attached hydrogens (tertiary/aromatic N) is 1. The van der Waals surface area contributed by atoms with E-state index in [9.17, 15) is 4.79 Å². The highest BCUT2D eigenvalue weighted by atomic mass is 35.5. The van der Waals surface area contributed by atoms with Crippen molar-refractivity contribution in [2.75, 3.05) is 7.11 Å². The number of aliphatic imine (C=N–C) groups is 1. The number of thiophene rings is 1. The molecule has 0 saturated heterocycles. The number of carbonyl (C=O) groups excluding carboxylic acids is 1. The fourth-order valence-corrected chi connectivity index (χ4v) is 5.74.